The first kappa shape index (κ1) is 18.4. The summed E-state index contributed by atoms with van der Waals surface area (Å²) in [4.78, 5) is 13.7. The maximum atomic E-state index is 6.20. The smallest absolute Gasteiger partial charge is 0.227 e. The van der Waals surface area contributed by atoms with Crippen molar-refractivity contribution in [1.82, 2.24) is 9.97 Å². The Morgan fingerprint density at radius 1 is 0.964 bits per heavy atom. The molecule has 0 aliphatic carbocycles. The third kappa shape index (κ3) is 4.12. The van der Waals surface area contributed by atoms with Gasteiger partial charge in [0.25, 0.3) is 0 Å². The van der Waals surface area contributed by atoms with E-state index < -0.39 is 0 Å². The number of para-hydroxylation sites is 1. The Kier molecular flexibility index (Phi) is 5.48. The average Bonchev–Trinajstić information content (AvgIpc) is 2.75. The molecule has 6 nitrogen and oxygen atoms in total. The third-order valence-corrected chi connectivity index (χ3v) is 5.05. The molecule has 1 aliphatic rings. The Bertz CT molecular complexity index is 929. The van der Waals surface area contributed by atoms with Gasteiger partial charge in [0.1, 0.15) is 11.6 Å². The van der Waals surface area contributed by atoms with E-state index in [1.54, 1.807) is 13.3 Å². The van der Waals surface area contributed by atoms with Gasteiger partial charge in [0.15, 0.2) is 0 Å². The van der Waals surface area contributed by atoms with Crippen LogP contribution in [0.4, 0.5) is 23.1 Å². The van der Waals surface area contributed by atoms with Crippen LogP contribution in [0.15, 0.2) is 60.8 Å². The second-order valence-electron chi connectivity index (χ2n) is 6.53. The fourth-order valence-electron chi connectivity index (χ4n) is 3.27. The fourth-order valence-corrected chi connectivity index (χ4v) is 3.52. The van der Waals surface area contributed by atoms with Gasteiger partial charge in [0, 0.05) is 43.8 Å². The summed E-state index contributed by atoms with van der Waals surface area (Å²) in [5.41, 5.74) is 2.11. The Morgan fingerprint density at radius 2 is 1.71 bits per heavy atom. The molecule has 2 aromatic carbocycles. The standard InChI is InChI=1S/C21H22ClN5O/c1-28-19-8-7-16(15-18(19)22)24-20-9-10-23-21(25-20)27-13-11-26(12-14-27)17-5-3-2-4-6-17/h2-10,15H,11-14H2,1H3,(H,23,24,25). The lowest BCUT2D eigenvalue weighted by Crippen LogP contribution is -2.47. The van der Waals surface area contributed by atoms with Gasteiger partial charge in [0.2, 0.25) is 5.95 Å². The summed E-state index contributed by atoms with van der Waals surface area (Å²) in [5, 5.41) is 3.84. The van der Waals surface area contributed by atoms with E-state index in [4.69, 9.17) is 16.3 Å². The molecule has 0 spiro atoms. The lowest BCUT2D eigenvalue weighted by molar-refractivity contribution is 0.415. The maximum absolute atomic E-state index is 6.20. The Morgan fingerprint density at radius 3 is 2.43 bits per heavy atom. The van der Waals surface area contributed by atoms with Gasteiger partial charge >= 0.3 is 0 Å². The van der Waals surface area contributed by atoms with Crippen molar-refractivity contribution in [2.45, 2.75) is 0 Å². The molecule has 28 heavy (non-hydrogen) atoms. The molecule has 3 aromatic rings. The number of halogens is 1. The summed E-state index contributed by atoms with van der Waals surface area (Å²) in [7, 11) is 1.60. The first-order chi connectivity index (χ1) is 13.7. The Labute approximate surface area is 169 Å². The van der Waals surface area contributed by atoms with E-state index in [0.717, 1.165) is 43.6 Å². The predicted octanol–water partition coefficient (Wildman–Crippen LogP) is 4.21. The number of nitrogens with one attached hydrogen (secondary N) is 1. The molecule has 0 saturated carbocycles. The van der Waals surface area contributed by atoms with Gasteiger partial charge in [-0.1, -0.05) is 29.8 Å². The number of piperazine rings is 1. The molecule has 0 unspecified atom stereocenters. The van der Waals surface area contributed by atoms with E-state index >= 15 is 0 Å². The fraction of sp³-hybridized carbons (Fsp3) is 0.238. The number of benzene rings is 2. The normalized spacial score (nSPS) is 14.1. The second kappa shape index (κ2) is 8.35. The van der Waals surface area contributed by atoms with Crippen LogP contribution in [0.1, 0.15) is 0 Å². The molecule has 1 N–H and O–H groups in total. The first-order valence-electron chi connectivity index (χ1n) is 9.21. The van der Waals surface area contributed by atoms with Crippen molar-refractivity contribution in [2.75, 3.05) is 48.4 Å². The van der Waals surface area contributed by atoms with Crippen LogP contribution in [-0.4, -0.2) is 43.3 Å². The number of methoxy groups -OCH3 is 1. The van der Waals surface area contributed by atoms with Gasteiger partial charge < -0.3 is 19.9 Å². The van der Waals surface area contributed by atoms with Crippen LogP contribution in [0.5, 0.6) is 5.75 Å². The van der Waals surface area contributed by atoms with Crippen molar-refractivity contribution in [3.63, 3.8) is 0 Å². The molecule has 0 atom stereocenters. The zero-order valence-corrected chi connectivity index (χ0v) is 16.4. The number of ether oxygens (including phenoxy) is 1. The zero-order chi connectivity index (χ0) is 19.3. The van der Waals surface area contributed by atoms with E-state index in [2.05, 4.69) is 49.4 Å². The van der Waals surface area contributed by atoms with Crippen LogP contribution in [-0.2, 0) is 0 Å². The lowest BCUT2D eigenvalue weighted by Gasteiger charge is -2.36. The first-order valence-corrected chi connectivity index (χ1v) is 9.59. The molecule has 1 aromatic heterocycles. The quantitative estimate of drug-likeness (QED) is 0.698. The van der Waals surface area contributed by atoms with Crippen LogP contribution in [0.2, 0.25) is 5.02 Å². The summed E-state index contributed by atoms with van der Waals surface area (Å²) in [6.07, 6.45) is 1.78. The van der Waals surface area contributed by atoms with E-state index in [-0.39, 0.29) is 0 Å². The lowest BCUT2D eigenvalue weighted by atomic mass is 10.2. The third-order valence-electron chi connectivity index (χ3n) is 4.75. The molecule has 144 valence electrons. The summed E-state index contributed by atoms with van der Waals surface area (Å²) < 4.78 is 5.19. The highest BCUT2D eigenvalue weighted by Crippen LogP contribution is 2.28. The average molecular weight is 396 g/mol. The monoisotopic (exact) mass is 395 g/mol. The number of nitrogens with zero attached hydrogens (tertiary/aromatic N) is 4. The second-order valence-corrected chi connectivity index (χ2v) is 6.93. The van der Waals surface area contributed by atoms with Crippen molar-refractivity contribution in [2.24, 2.45) is 0 Å². The molecular weight excluding hydrogens is 374 g/mol. The molecule has 2 heterocycles. The van der Waals surface area contributed by atoms with Crippen molar-refractivity contribution >= 4 is 34.7 Å². The minimum Gasteiger partial charge on any atom is -0.495 e. The zero-order valence-electron chi connectivity index (χ0n) is 15.7. The number of hydrogen-bond acceptors (Lipinski definition) is 6. The molecule has 0 radical (unpaired) electrons. The number of anilines is 4. The molecule has 1 aliphatic heterocycles. The predicted molar refractivity (Wildman–Crippen MR) is 114 cm³/mol. The highest BCUT2D eigenvalue weighted by molar-refractivity contribution is 6.32. The van der Waals surface area contributed by atoms with E-state index in [1.165, 1.54) is 5.69 Å². The molecule has 0 amide bonds. The van der Waals surface area contributed by atoms with Crippen LogP contribution < -0.4 is 19.9 Å². The summed E-state index contributed by atoms with van der Waals surface area (Å²) >= 11 is 6.20. The topological polar surface area (TPSA) is 53.5 Å². The van der Waals surface area contributed by atoms with Crippen molar-refractivity contribution in [1.29, 1.82) is 0 Å². The van der Waals surface area contributed by atoms with Crippen molar-refractivity contribution in [3.05, 3.63) is 65.8 Å². The minimum atomic E-state index is 0.554. The Hall–Kier alpha value is -2.99. The highest BCUT2D eigenvalue weighted by Gasteiger charge is 2.19. The molecule has 4 rings (SSSR count). The minimum absolute atomic E-state index is 0.554. The molecular formula is C21H22ClN5O. The number of rotatable bonds is 5. The van der Waals surface area contributed by atoms with Gasteiger partial charge in [-0.25, -0.2) is 4.98 Å². The van der Waals surface area contributed by atoms with Gasteiger partial charge in [0.05, 0.1) is 12.1 Å². The summed E-state index contributed by atoms with van der Waals surface area (Å²) in [6, 6.07) is 17.9. The van der Waals surface area contributed by atoms with Gasteiger partial charge in [-0.3, -0.25) is 0 Å². The molecule has 0 bridgehead atoms. The van der Waals surface area contributed by atoms with Gasteiger partial charge in [-0.15, -0.1) is 0 Å². The summed E-state index contributed by atoms with van der Waals surface area (Å²) in [5.74, 6) is 2.11. The van der Waals surface area contributed by atoms with Crippen LogP contribution >= 0.6 is 11.6 Å². The maximum Gasteiger partial charge on any atom is 0.227 e. The van der Waals surface area contributed by atoms with E-state index in [9.17, 15) is 0 Å². The van der Waals surface area contributed by atoms with Crippen LogP contribution in [0.25, 0.3) is 0 Å². The van der Waals surface area contributed by atoms with E-state index in [0.29, 0.717) is 10.8 Å². The highest BCUT2D eigenvalue weighted by atomic mass is 35.5. The van der Waals surface area contributed by atoms with Gasteiger partial charge in [-0.05, 0) is 36.4 Å². The van der Waals surface area contributed by atoms with Crippen LogP contribution in [0.3, 0.4) is 0 Å². The number of hydrogen-bond donors (Lipinski definition) is 1. The SMILES string of the molecule is COc1ccc(Nc2ccnc(N3CCN(c4ccccc4)CC3)n2)cc1Cl. The molecule has 7 heteroatoms. The van der Waals surface area contributed by atoms with Crippen molar-refractivity contribution < 1.29 is 4.74 Å². The van der Waals surface area contributed by atoms with E-state index in [1.807, 2.05) is 30.3 Å². The largest absolute Gasteiger partial charge is 0.495 e. The Balaban J connectivity index is 1.42. The van der Waals surface area contributed by atoms with Crippen molar-refractivity contribution in [3.8, 4) is 5.75 Å². The number of aromatic nitrogens is 2. The summed E-state index contributed by atoms with van der Waals surface area (Å²) in [6.45, 7) is 3.65. The van der Waals surface area contributed by atoms with Gasteiger partial charge in [-0.2, -0.15) is 4.98 Å². The van der Waals surface area contributed by atoms with Crippen LogP contribution in [0, 0.1) is 0 Å². The molecule has 1 saturated heterocycles. The molecule has 1 fully saturated rings.